The Morgan fingerprint density at radius 3 is 3.00 bits per heavy atom. The van der Waals surface area contributed by atoms with Crippen molar-refractivity contribution in [2.75, 3.05) is 6.54 Å². The van der Waals surface area contributed by atoms with Gasteiger partial charge in [0, 0.05) is 12.7 Å². The fraction of sp³-hybridized carbons (Fsp3) is 0.182. The van der Waals surface area contributed by atoms with E-state index < -0.39 is 0 Å². The van der Waals surface area contributed by atoms with E-state index in [2.05, 4.69) is 29.2 Å². The summed E-state index contributed by atoms with van der Waals surface area (Å²) < 4.78 is 0. The van der Waals surface area contributed by atoms with Gasteiger partial charge in [-0.2, -0.15) is 0 Å². The molecule has 14 heavy (non-hydrogen) atoms. The molecule has 0 radical (unpaired) electrons. The molecule has 1 aliphatic heterocycles. The van der Waals surface area contributed by atoms with Gasteiger partial charge < -0.3 is 10.6 Å². The van der Waals surface area contributed by atoms with Crippen molar-refractivity contribution in [1.82, 2.24) is 4.90 Å². The Kier molecular flexibility index (Phi) is 2.50. The van der Waals surface area contributed by atoms with E-state index in [0.717, 1.165) is 6.54 Å². The Bertz CT molecular complexity index is 385. The molecule has 1 heterocycles. The number of nitrogens with two attached hydrogens (primary N) is 1. The first-order valence-electron chi connectivity index (χ1n) is 4.54. The largest absolute Gasteiger partial charge is 0.392 e. The smallest absolute Gasteiger partial charge is 0.0923 e. The van der Waals surface area contributed by atoms with Crippen LogP contribution in [0.25, 0.3) is 6.08 Å². The van der Waals surface area contributed by atoms with E-state index in [1.165, 1.54) is 11.1 Å². The van der Waals surface area contributed by atoms with Crippen molar-refractivity contribution < 1.29 is 0 Å². The molecule has 2 rings (SSSR count). The lowest BCUT2D eigenvalue weighted by Crippen LogP contribution is -2.29. The van der Waals surface area contributed by atoms with E-state index in [1.54, 1.807) is 0 Å². The number of hydrogen-bond donors (Lipinski definition) is 1. The van der Waals surface area contributed by atoms with Crippen LogP contribution >= 0.6 is 12.2 Å². The van der Waals surface area contributed by atoms with Gasteiger partial charge in [-0.05, 0) is 17.2 Å². The van der Waals surface area contributed by atoms with Crippen LogP contribution in [0.5, 0.6) is 0 Å². The Hall–Kier alpha value is -1.35. The summed E-state index contributed by atoms with van der Waals surface area (Å²) in [7, 11) is 0. The molecule has 0 saturated carbocycles. The Labute approximate surface area is 89.0 Å². The maximum absolute atomic E-state index is 5.50. The summed E-state index contributed by atoms with van der Waals surface area (Å²) in [5, 5.41) is 0. The first-order chi connectivity index (χ1) is 6.75. The van der Waals surface area contributed by atoms with E-state index >= 15 is 0 Å². The zero-order chi connectivity index (χ0) is 9.97. The number of hydrogen-bond acceptors (Lipinski definition) is 2. The fourth-order valence-corrected chi connectivity index (χ4v) is 1.77. The molecule has 0 fully saturated rings. The van der Waals surface area contributed by atoms with Crippen LogP contribution in [0, 0.1) is 0 Å². The molecule has 0 amide bonds. The maximum Gasteiger partial charge on any atom is 0.0923 e. The zero-order valence-corrected chi connectivity index (χ0v) is 8.63. The van der Waals surface area contributed by atoms with Gasteiger partial charge in [-0.25, -0.2) is 0 Å². The molecule has 0 saturated heterocycles. The number of fused-ring (bicyclic) bond motifs is 1. The van der Waals surface area contributed by atoms with Crippen LogP contribution in [0.2, 0.25) is 0 Å². The lowest BCUT2D eigenvalue weighted by Gasteiger charge is -2.24. The van der Waals surface area contributed by atoms with Gasteiger partial charge in [0.25, 0.3) is 0 Å². The van der Waals surface area contributed by atoms with Crippen LogP contribution in [0.4, 0.5) is 0 Å². The highest BCUT2D eigenvalue weighted by atomic mass is 32.1. The van der Waals surface area contributed by atoms with Crippen molar-refractivity contribution in [2.24, 2.45) is 5.73 Å². The summed E-state index contributed by atoms with van der Waals surface area (Å²) in [5.41, 5.74) is 8.11. The third kappa shape index (κ3) is 1.93. The summed E-state index contributed by atoms with van der Waals surface area (Å²) in [6, 6.07) is 8.35. The molecule has 1 aromatic carbocycles. The first kappa shape index (κ1) is 9.21. The second-order valence-electron chi connectivity index (χ2n) is 3.39. The van der Waals surface area contributed by atoms with E-state index in [9.17, 15) is 0 Å². The SMILES string of the molecule is NC(=S)CN1C=Cc2ccccc2C1. The molecule has 0 atom stereocenters. The highest BCUT2D eigenvalue weighted by Gasteiger charge is 2.09. The normalized spacial score (nSPS) is 13.9. The van der Waals surface area contributed by atoms with Gasteiger partial charge in [-0.1, -0.05) is 36.5 Å². The molecule has 0 spiro atoms. The second kappa shape index (κ2) is 3.80. The number of benzene rings is 1. The van der Waals surface area contributed by atoms with Crippen LogP contribution in [-0.4, -0.2) is 16.4 Å². The number of nitrogens with zero attached hydrogens (tertiary/aromatic N) is 1. The highest BCUT2D eigenvalue weighted by Crippen LogP contribution is 2.18. The predicted octanol–water partition coefficient (Wildman–Crippen LogP) is 1.76. The third-order valence-electron chi connectivity index (χ3n) is 2.25. The Morgan fingerprint density at radius 1 is 1.43 bits per heavy atom. The van der Waals surface area contributed by atoms with Crippen molar-refractivity contribution in [1.29, 1.82) is 0 Å². The summed E-state index contributed by atoms with van der Waals surface area (Å²) >= 11 is 4.88. The van der Waals surface area contributed by atoms with Gasteiger partial charge in [-0.3, -0.25) is 0 Å². The van der Waals surface area contributed by atoms with Crippen LogP contribution < -0.4 is 5.73 Å². The summed E-state index contributed by atoms with van der Waals surface area (Å²) in [6.45, 7) is 1.55. The zero-order valence-electron chi connectivity index (χ0n) is 7.81. The lowest BCUT2D eigenvalue weighted by atomic mass is 10.0. The first-order valence-corrected chi connectivity index (χ1v) is 4.95. The molecular weight excluding hydrogens is 192 g/mol. The number of thiocarbonyl (C=S) groups is 1. The molecule has 0 bridgehead atoms. The minimum absolute atomic E-state index is 0.536. The minimum atomic E-state index is 0.536. The minimum Gasteiger partial charge on any atom is -0.392 e. The van der Waals surface area contributed by atoms with Gasteiger partial charge >= 0.3 is 0 Å². The van der Waals surface area contributed by atoms with Crippen LogP contribution in [0.15, 0.2) is 30.5 Å². The molecule has 1 aliphatic rings. The average Bonchev–Trinajstić information content (AvgIpc) is 2.17. The van der Waals surface area contributed by atoms with Crippen molar-refractivity contribution in [2.45, 2.75) is 6.54 Å². The summed E-state index contributed by atoms with van der Waals surface area (Å²) in [4.78, 5) is 2.65. The van der Waals surface area contributed by atoms with E-state index in [-0.39, 0.29) is 0 Å². The van der Waals surface area contributed by atoms with Crippen molar-refractivity contribution in [3.05, 3.63) is 41.6 Å². The summed E-state index contributed by atoms with van der Waals surface area (Å²) in [6.07, 6.45) is 4.14. The molecular formula is C11H12N2S. The van der Waals surface area contributed by atoms with Crippen LogP contribution in [-0.2, 0) is 6.54 Å². The molecule has 0 aliphatic carbocycles. The standard InChI is InChI=1S/C11H12N2S/c12-11(14)8-13-6-5-9-3-1-2-4-10(9)7-13/h1-6H,7-8H2,(H2,12,14). The quantitative estimate of drug-likeness (QED) is 0.744. The lowest BCUT2D eigenvalue weighted by molar-refractivity contribution is 0.418. The van der Waals surface area contributed by atoms with Crippen molar-refractivity contribution in [3.63, 3.8) is 0 Å². The average molecular weight is 204 g/mol. The number of rotatable bonds is 2. The molecule has 2 nitrogen and oxygen atoms in total. The van der Waals surface area contributed by atoms with Crippen LogP contribution in [0.1, 0.15) is 11.1 Å². The predicted molar refractivity (Wildman–Crippen MR) is 62.7 cm³/mol. The molecule has 3 heteroatoms. The monoisotopic (exact) mass is 204 g/mol. The third-order valence-corrected chi connectivity index (χ3v) is 2.38. The van der Waals surface area contributed by atoms with Gasteiger partial charge in [0.1, 0.15) is 0 Å². The molecule has 72 valence electrons. The highest BCUT2D eigenvalue weighted by molar-refractivity contribution is 7.80. The topological polar surface area (TPSA) is 29.3 Å². The van der Waals surface area contributed by atoms with E-state index in [4.69, 9.17) is 18.0 Å². The molecule has 0 unspecified atom stereocenters. The summed E-state index contributed by atoms with van der Waals surface area (Å²) in [5.74, 6) is 0. The molecule has 0 aromatic heterocycles. The van der Waals surface area contributed by atoms with Gasteiger partial charge in [0.15, 0.2) is 0 Å². The second-order valence-corrected chi connectivity index (χ2v) is 3.91. The van der Waals surface area contributed by atoms with Gasteiger partial charge in [0.05, 0.1) is 11.5 Å². The Morgan fingerprint density at radius 2 is 2.21 bits per heavy atom. The maximum atomic E-state index is 5.50. The van der Waals surface area contributed by atoms with Crippen LogP contribution in [0.3, 0.4) is 0 Å². The van der Waals surface area contributed by atoms with E-state index in [0.29, 0.717) is 11.5 Å². The van der Waals surface area contributed by atoms with Crippen molar-refractivity contribution in [3.8, 4) is 0 Å². The molecule has 2 N–H and O–H groups in total. The van der Waals surface area contributed by atoms with E-state index in [1.807, 2.05) is 12.3 Å². The van der Waals surface area contributed by atoms with Crippen molar-refractivity contribution >= 4 is 23.3 Å². The Balaban J connectivity index is 2.17. The van der Waals surface area contributed by atoms with Gasteiger partial charge in [-0.15, -0.1) is 0 Å². The fourth-order valence-electron chi connectivity index (χ4n) is 1.61. The van der Waals surface area contributed by atoms with Gasteiger partial charge in [0.2, 0.25) is 0 Å². The molecule has 1 aromatic rings.